The molecule has 0 bridgehead atoms. The largest absolute Gasteiger partial charge is 0.497 e. The van der Waals surface area contributed by atoms with E-state index in [0.717, 1.165) is 124 Å². The smallest absolute Gasteiger partial charge is 0.346 e. The Morgan fingerprint density at radius 1 is 0.603 bits per heavy atom. The number of carbonyl (C=O) groups is 1. The van der Waals surface area contributed by atoms with Crippen molar-refractivity contribution in [1.29, 1.82) is 5.26 Å². The number of hydrogen-bond acceptors (Lipinski definition) is 12. The monoisotopic (exact) mass is 1030 g/mol. The van der Waals surface area contributed by atoms with Crippen molar-refractivity contribution in [3.8, 4) is 50.6 Å². The Kier molecular flexibility index (Phi) is 16.9. The number of carboxylic acids is 1. The molecule has 0 aliphatic rings. The molecule has 13 heteroatoms. The molecule has 3 aromatic heterocycles. The van der Waals surface area contributed by atoms with Crippen LogP contribution in [-0.2, 0) is 4.79 Å². The van der Waals surface area contributed by atoms with Gasteiger partial charge in [-0.1, -0.05) is 102 Å². The number of unbranched alkanes of at least 4 members (excludes halogenated alkanes) is 10. The minimum Gasteiger partial charge on any atom is -0.497 e. The van der Waals surface area contributed by atoms with E-state index in [-0.39, 0.29) is 5.57 Å². The van der Waals surface area contributed by atoms with Gasteiger partial charge in [0.15, 0.2) is 11.5 Å². The number of aliphatic carboxylic acids is 1. The number of ether oxygens (including phenoxy) is 4. The van der Waals surface area contributed by atoms with E-state index in [9.17, 15) is 15.2 Å². The Morgan fingerprint density at radius 3 is 1.60 bits per heavy atom. The average Bonchev–Trinajstić information content (AvgIpc) is 4.20. The topological polar surface area (TPSA) is 127 Å². The Morgan fingerprint density at radius 2 is 1.08 bits per heavy atom. The van der Waals surface area contributed by atoms with Crippen LogP contribution in [0.15, 0.2) is 115 Å². The third-order valence-corrected chi connectivity index (χ3v) is 16.2. The molecule has 6 aromatic carbocycles. The predicted molar refractivity (Wildman–Crippen MR) is 303 cm³/mol. The van der Waals surface area contributed by atoms with Gasteiger partial charge in [-0.25, -0.2) is 4.79 Å². The lowest BCUT2D eigenvalue weighted by molar-refractivity contribution is -0.132. The third-order valence-electron chi connectivity index (χ3n) is 13.3. The lowest BCUT2D eigenvalue weighted by Gasteiger charge is -2.26. The highest BCUT2D eigenvalue weighted by atomic mass is 32.1. The summed E-state index contributed by atoms with van der Waals surface area (Å²) in [6, 6.07) is 39.2. The maximum Gasteiger partial charge on any atom is 0.346 e. The minimum atomic E-state index is -1.25. The molecule has 0 spiro atoms. The van der Waals surface area contributed by atoms with Crippen molar-refractivity contribution in [2.24, 2.45) is 0 Å². The van der Waals surface area contributed by atoms with Gasteiger partial charge in [-0.2, -0.15) is 14.0 Å². The first kappa shape index (κ1) is 50.9. The molecule has 0 aliphatic carbocycles. The molecule has 374 valence electrons. The third kappa shape index (κ3) is 11.5. The van der Waals surface area contributed by atoms with Crippen LogP contribution in [-0.4, -0.2) is 47.3 Å². The van der Waals surface area contributed by atoms with Gasteiger partial charge >= 0.3 is 5.97 Å². The first-order valence-electron chi connectivity index (χ1n) is 25.3. The summed E-state index contributed by atoms with van der Waals surface area (Å²) in [5, 5.41) is 23.6. The molecule has 0 saturated carbocycles. The molecule has 0 amide bonds. The number of hydrogen-bond donors (Lipinski definition) is 1. The summed E-state index contributed by atoms with van der Waals surface area (Å²) in [6.45, 7) is 5.65. The van der Waals surface area contributed by atoms with Gasteiger partial charge in [0.1, 0.15) is 34.2 Å². The summed E-state index contributed by atoms with van der Waals surface area (Å²) < 4.78 is 36.1. The Bertz CT molecular complexity index is 3360. The minimum absolute atomic E-state index is 0.313. The van der Waals surface area contributed by atoms with Gasteiger partial charge in [-0.3, -0.25) is 0 Å². The average molecular weight is 1030 g/mol. The van der Waals surface area contributed by atoms with Crippen molar-refractivity contribution in [3.63, 3.8) is 0 Å². The maximum absolute atomic E-state index is 12.0. The number of carboxylic acid groups (broad SMARTS) is 1. The van der Waals surface area contributed by atoms with Gasteiger partial charge in [-0.05, 0) is 120 Å². The van der Waals surface area contributed by atoms with Gasteiger partial charge in [-0.15, -0.1) is 22.7 Å². The van der Waals surface area contributed by atoms with Gasteiger partial charge in [0.25, 0.3) is 0 Å². The van der Waals surface area contributed by atoms with Crippen LogP contribution >= 0.6 is 34.4 Å². The van der Waals surface area contributed by atoms with Crippen LogP contribution in [0.3, 0.4) is 0 Å². The second kappa shape index (κ2) is 24.2. The molecule has 9 rings (SSSR count). The zero-order chi connectivity index (χ0) is 50.7. The second-order valence-corrected chi connectivity index (χ2v) is 20.9. The van der Waals surface area contributed by atoms with Crippen LogP contribution in [0.1, 0.15) is 95.8 Å². The lowest BCUT2D eigenvalue weighted by atomic mass is 9.99. The normalized spacial score (nSPS) is 11.7. The summed E-state index contributed by atoms with van der Waals surface area (Å²) in [5.41, 5.74) is 7.26. The standard InChI is InChI=1S/C60H60N4O6S3/c1-5-7-9-11-13-15-31-69-53-35-49-50(36-54(53)70-32-16-14-12-10-8-6-2)52-37-55(72-59(52)58-51(49)34-46(71-58)33-40(38-61)60(65)66)48-30-29-47(56-57(48)63-73-62-56)39-17-19-41(20-18-39)64(42-21-25-44(67-3)26-22-42)43-23-27-45(68-4)28-24-43/h17-30,33-37H,5-16,31-32H2,1-4H3,(H,65,66)/b40-33-. The van der Waals surface area contributed by atoms with Gasteiger partial charge in [0, 0.05) is 48.7 Å². The number of fused-ring (bicyclic) bond motifs is 7. The number of thiophene rings is 2. The Labute approximate surface area is 439 Å². The Balaban J connectivity index is 1.11. The molecular weight excluding hydrogens is 969 g/mol. The number of aromatic nitrogens is 2. The molecule has 0 aliphatic heterocycles. The second-order valence-electron chi connectivity index (χ2n) is 18.2. The molecular formula is C60H60N4O6S3. The van der Waals surface area contributed by atoms with Crippen LogP contribution in [0.5, 0.6) is 23.0 Å². The number of benzene rings is 6. The fourth-order valence-electron chi connectivity index (χ4n) is 9.38. The van der Waals surface area contributed by atoms with E-state index in [1.807, 2.05) is 60.7 Å². The maximum atomic E-state index is 12.0. The van der Waals surface area contributed by atoms with Crippen molar-refractivity contribution in [3.05, 3.63) is 120 Å². The summed E-state index contributed by atoms with van der Waals surface area (Å²) in [7, 11) is 3.34. The summed E-state index contributed by atoms with van der Waals surface area (Å²) in [5.74, 6) is 1.75. The summed E-state index contributed by atoms with van der Waals surface area (Å²) in [4.78, 5) is 16.0. The molecule has 0 radical (unpaired) electrons. The van der Waals surface area contributed by atoms with E-state index in [1.54, 1.807) is 25.6 Å². The number of nitriles is 1. The molecule has 0 unspecified atom stereocenters. The molecule has 3 heterocycles. The van der Waals surface area contributed by atoms with E-state index < -0.39 is 5.97 Å². The first-order valence-corrected chi connectivity index (χ1v) is 27.7. The highest BCUT2D eigenvalue weighted by Gasteiger charge is 2.22. The van der Waals surface area contributed by atoms with E-state index in [0.29, 0.717) is 23.8 Å². The number of rotatable bonds is 25. The van der Waals surface area contributed by atoms with Crippen LogP contribution in [0.2, 0.25) is 0 Å². The molecule has 0 fully saturated rings. The lowest BCUT2D eigenvalue weighted by Crippen LogP contribution is -2.09. The van der Waals surface area contributed by atoms with Crippen molar-refractivity contribution in [2.75, 3.05) is 32.3 Å². The SMILES string of the molecule is CCCCCCCCOc1cc2c(cc1OCCCCCCCC)c1cc(-c3ccc(-c4ccc(N(c5ccc(OC)cc5)c5ccc(OC)cc5)cc4)c4nsnc34)sc1c1sc(/C=C(/C#N)C(=O)O)cc21. The van der Waals surface area contributed by atoms with Crippen LogP contribution in [0, 0.1) is 11.3 Å². The summed E-state index contributed by atoms with van der Waals surface area (Å²) >= 11 is 4.38. The highest BCUT2D eigenvalue weighted by molar-refractivity contribution is 7.29. The zero-order valence-electron chi connectivity index (χ0n) is 41.9. The van der Waals surface area contributed by atoms with Crippen LogP contribution in [0.4, 0.5) is 17.1 Å². The van der Waals surface area contributed by atoms with Gasteiger partial charge in [0.05, 0.1) is 48.6 Å². The quantitative estimate of drug-likeness (QED) is 0.0336. The van der Waals surface area contributed by atoms with Gasteiger partial charge in [0.2, 0.25) is 0 Å². The molecule has 73 heavy (non-hydrogen) atoms. The first-order chi connectivity index (χ1) is 35.8. The zero-order valence-corrected chi connectivity index (χ0v) is 44.3. The number of methoxy groups -OCH3 is 2. The van der Waals surface area contributed by atoms with Gasteiger partial charge < -0.3 is 29.0 Å². The highest BCUT2D eigenvalue weighted by Crippen LogP contribution is 2.50. The van der Waals surface area contributed by atoms with E-state index >= 15 is 0 Å². The van der Waals surface area contributed by atoms with Crippen LogP contribution < -0.4 is 23.8 Å². The van der Waals surface area contributed by atoms with E-state index in [2.05, 4.69) is 73.3 Å². The number of anilines is 3. The predicted octanol–water partition coefficient (Wildman–Crippen LogP) is 17.6. The summed E-state index contributed by atoms with van der Waals surface area (Å²) in [6.07, 6.45) is 15.4. The molecule has 0 atom stereocenters. The van der Waals surface area contributed by atoms with Crippen molar-refractivity contribution in [2.45, 2.75) is 90.9 Å². The fraction of sp³-hybridized carbons (Fsp3) is 0.300. The Hall–Kier alpha value is -6.98. The van der Waals surface area contributed by atoms with Crippen molar-refractivity contribution < 1.29 is 28.8 Å². The molecule has 0 saturated heterocycles. The van der Waals surface area contributed by atoms with Crippen molar-refractivity contribution in [1.82, 2.24) is 8.75 Å². The van der Waals surface area contributed by atoms with E-state index in [1.165, 1.54) is 80.5 Å². The fourth-order valence-corrected chi connectivity index (χ4v) is 12.4. The number of nitrogens with zero attached hydrogens (tertiary/aromatic N) is 4. The molecule has 9 aromatic rings. The molecule has 1 N–H and O–H groups in total. The van der Waals surface area contributed by atoms with Crippen LogP contribution in [0.25, 0.3) is 69.6 Å². The molecule has 10 nitrogen and oxygen atoms in total. The van der Waals surface area contributed by atoms with E-state index in [4.69, 9.17) is 27.7 Å². The van der Waals surface area contributed by atoms with Crippen molar-refractivity contribution >= 4 is 105 Å².